The summed E-state index contributed by atoms with van der Waals surface area (Å²) in [5.74, 6) is 0.808. The van der Waals surface area contributed by atoms with E-state index in [0.29, 0.717) is 18.4 Å². The fourth-order valence-electron chi connectivity index (χ4n) is 1.17. The molecule has 0 atom stereocenters. The van der Waals surface area contributed by atoms with Gasteiger partial charge in [0.2, 0.25) is 11.9 Å². The Hall–Kier alpha value is -1.83. The predicted octanol–water partition coefficient (Wildman–Crippen LogP) is 0.0425. The number of aromatic nitrogens is 3. The largest absolute Gasteiger partial charge is 0.462 e. The Morgan fingerprint density at radius 3 is 2.42 bits per heavy atom. The third-order valence-electron chi connectivity index (χ3n) is 1.92. The van der Waals surface area contributed by atoms with Crippen LogP contribution in [0.25, 0.3) is 0 Å². The molecule has 1 heterocycles. The summed E-state index contributed by atoms with van der Waals surface area (Å²) in [4.78, 5) is 25.1. The van der Waals surface area contributed by atoms with Gasteiger partial charge >= 0.3 is 6.01 Å². The second-order valence-corrected chi connectivity index (χ2v) is 4.25. The molecule has 106 valence electrons. The molecule has 0 saturated carbocycles. The Kier molecular flexibility index (Phi) is 5.56. The third kappa shape index (κ3) is 4.74. The van der Waals surface area contributed by atoms with E-state index in [1.165, 1.54) is 11.9 Å². The average molecular weight is 289 g/mol. The molecule has 0 aliphatic heterocycles. The lowest BCUT2D eigenvalue weighted by atomic mass is 10.7. The maximum absolute atomic E-state index is 11.0. The van der Waals surface area contributed by atoms with Crippen LogP contribution in [0.5, 0.6) is 6.01 Å². The molecule has 1 N–H and O–H groups in total. The molecule has 0 aromatic carbocycles. The monoisotopic (exact) mass is 288 g/mol. The normalized spacial score (nSPS) is 9.95. The third-order valence-corrected chi connectivity index (χ3v) is 2.08. The molecular formula is C10H17ClN6O2. The maximum Gasteiger partial charge on any atom is 0.323 e. The molecular weight excluding hydrogens is 272 g/mol. The Morgan fingerprint density at radius 1 is 1.26 bits per heavy atom. The van der Waals surface area contributed by atoms with Crippen LogP contribution in [-0.4, -0.2) is 54.5 Å². The number of rotatable bonds is 6. The van der Waals surface area contributed by atoms with Crippen LogP contribution < -0.4 is 20.1 Å². The van der Waals surface area contributed by atoms with E-state index in [9.17, 15) is 4.79 Å². The Morgan fingerprint density at radius 2 is 1.89 bits per heavy atom. The predicted molar refractivity (Wildman–Crippen MR) is 72.6 cm³/mol. The molecule has 0 radical (unpaired) electrons. The van der Waals surface area contributed by atoms with Crippen molar-refractivity contribution < 1.29 is 9.53 Å². The molecule has 0 spiro atoms. The lowest BCUT2D eigenvalue weighted by Crippen LogP contribution is -2.39. The summed E-state index contributed by atoms with van der Waals surface area (Å²) in [5.41, 5.74) is 2.55. The quantitative estimate of drug-likeness (QED) is 0.584. The van der Waals surface area contributed by atoms with Crippen LogP contribution >= 0.6 is 11.6 Å². The summed E-state index contributed by atoms with van der Waals surface area (Å²) in [6, 6.07) is 0.159. The molecule has 9 heteroatoms. The van der Waals surface area contributed by atoms with Gasteiger partial charge in [-0.05, 0) is 0 Å². The first-order valence-electron chi connectivity index (χ1n) is 5.57. The van der Waals surface area contributed by atoms with Crippen LogP contribution in [-0.2, 0) is 4.79 Å². The fourth-order valence-corrected chi connectivity index (χ4v) is 1.24. The zero-order valence-corrected chi connectivity index (χ0v) is 12.1. The molecule has 1 aromatic heterocycles. The van der Waals surface area contributed by atoms with Crippen molar-refractivity contribution in [1.29, 1.82) is 0 Å². The van der Waals surface area contributed by atoms with E-state index >= 15 is 0 Å². The molecule has 8 nitrogen and oxygen atoms in total. The first kappa shape index (κ1) is 15.2. The lowest BCUT2D eigenvalue weighted by Gasteiger charge is -2.19. The van der Waals surface area contributed by atoms with Gasteiger partial charge < -0.3 is 9.64 Å². The number of alkyl halides is 1. The number of hydrogen-bond acceptors (Lipinski definition) is 7. The van der Waals surface area contributed by atoms with Gasteiger partial charge in [0.1, 0.15) is 6.61 Å². The van der Waals surface area contributed by atoms with Gasteiger partial charge in [0.05, 0.1) is 5.88 Å². The molecule has 19 heavy (non-hydrogen) atoms. The van der Waals surface area contributed by atoms with Gasteiger partial charge in [-0.15, -0.1) is 11.6 Å². The number of anilines is 2. The van der Waals surface area contributed by atoms with Gasteiger partial charge in [0.15, 0.2) is 0 Å². The smallest absolute Gasteiger partial charge is 0.323 e. The fraction of sp³-hybridized carbons (Fsp3) is 0.600. The zero-order valence-electron chi connectivity index (χ0n) is 11.3. The highest BCUT2D eigenvalue weighted by atomic mass is 35.5. The van der Waals surface area contributed by atoms with Crippen molar-refractivity contribution >= 4 is 29.4 Å². The summed E-state index contributed by atoms with van der Waals surface area (Å²) in [5, 5.41) is 1.39. The number of nitrogens with one attached hydrogen (secondary N) is 1. The number of ether oxygens (including phenoxy) is 1. The van der Waals surface area contributed by atoms with E-state index in [0.717, 1.165) is 0 Å². The van der Waals surface area contributed by atoms with E-state index in [1.807, 2.05) is 0 Å². The second kappa shape index (κ2) is 6.93. The van der Waals surface area contributed by atoms with Crippen molar-refractivity contribution in [1.82, 2.24) is 20.4 Å². The standard InChI is InChI=1S/C10H17ClN6O2/c1-7(18)15-17(4)9-12-8(16(2)3)13-10(14-9)19-6-5-11/h5-6H2,1-4H3,(H,15,18). The van der Waals surface area contributed by atoms with Crippen LogP contribution in [0.2, 0.25) is 0 Å². The Bertz CT molecular complexity index is 442. The van der Waals surface area contributed by atoms with Crippen molar-refractivity contribution in [2.24, 2.45) is 0 Å². The minimum atomic E-state index is -0.224. The van der Waals surface area contributed by atoms with Crippen molar-refractivity contribution in [3.63, 3.8) is 0 Å². The van der Waals surface area contributed by atoms with E-state index < -0.39 is 0 Å². The molecule has 1 rings (SSSR count). The zero-order chi connectivity index (χ0) is 14.4. The van der Waals surface area contributed by atoms with Crippen molar-refractivity contribution in [3.05, 3.63) is 0 Å². The highest BCUT2D eigenvalue weighted by Crippen LogP contribution is 2.14. The van der Waals surface area contributed by atoms with Gasteiger partial charge in [-0.3, -0.25) is 15.2 Å². The lowest BCUT2D eigenvalue weighted by molar-refractivity contribution is -0.119. The number of nitrogens with zero attached hydrogens (tertiary/aromatic N) is 5. The summed E-state index contributed by atoms with van der Waals surface area (Å²) < 4.78 is 5.28. The SMILES string of the molecule is CC(=O)NN(C)c1nc(OCCCl)nc(N(C)C)n1. The van der Waals surface area contributed by atoms with Crippen molar-refractivity contribution in [2.75, 3.05) is 43.5 Å². The highest BCUT2D eigenvalue weighted by Gasteiger charge is 2.13. The van der Waals surface area contributed by atoms with E-state index in [4.69, 9.17) is 16.3 Å². The molecule has 1 aromatic rings. The molecule has 0 unspecified atom stereocenters. The van der Waals surface area contributed by atoms with E-state index in [1.54, 1.807) is 26.0 Å². The van der Waals surface area contributed by atoms with Crippen LogP contribution in [0.1, 0.15) is 6.92 Å². The van der Waals surface area contributed by atoms with Crippen LogP contribution in [0.15, 0.2) is 0 Å². The molecule has 0 aliphatic rings. The molecule has 0 fully saturated rings. The number of amides is 1. The maximum atomic E-state index is 11.0. The van der Waals surface area contributed by atoms with Crippen molar-refractivity contribution in [3.8, 4) is 6.01 Å². The molecule has 0 bridgehead atoms. The van der Waals surface area contributed by atoms with E-state index in [-0.39, 0.29) is 17.9 Å². The summed E-state index contributed by atoms with van der Waals surface area (Å²) in [6.45, 7) is 1.69. The number of hydrogen-bond donors (Lipinski definition) is 1. The van der Waals surface area contributed by atoms with Gasteiger partial charge in [0, 0.05) is 28.1 Å². The van der Waals surface area contributed by atoms with E-state index in [2.05, 4.69) is 20.4 Å². The average Bonchev–Trinajstić information content (AvgIpc) is 2.35. The molecule has 0 aliphatic carbocycles. The van der Waals surface area contributed by atoms with Crippen LogP contribution in [0.4, 0.5) is 11.9 Å². The van der Waals surface area contributed by atoms with Gasteiger partial charge in [-0.25, -0.2) is 0 Å². The topological polar surface area (TPSA) is 83.5 Å². The molecule has 1 amide bonds. The number of carbonyl (C=O) groups excluding carboxylic acids is 1. The van der Waals surface area contributed by atoms with Gasteiger partial charge in [-0.1, -0.05) is 0 Å². The number of halogens is 1. The van der Waals surface area contributed by atoms with Crippen LogP contribution in [0, 0.1) is 0 Å². The Balaban J connectivity index is 3.01. The minimum Gasteiger partial charge on any atom is -0.462 e. The first-order valence-corrected chi connectivity index (χ1v) is 6.10. The van der Waals surface area contributed by atoms with Gasteiger partial charge in [0.25, 0.3) is 5.95 Å². The van der Waals surface area contributed by atoms with Crippen molar-refractivity contribution in [2.45, 2.75) is 6.92 Å². The highest BCUT2D eigenvalue weighted by molar-refractivity contribution is 6.17. The Labute approximate surface area is 116 Å². The number of hydrazine groups is 1. The summed E-state index contributed by atoms with van der Waals surface area (Å²) in [6.07, 6.45) is 0. The van der Waals surface area contributed by atoms with Crippen LogP contribution in [0.3, 0.4) is 0 Å². The summed E-state index contributed by atoms with van der Waals surface area (Å²) in [7, 11) is 5.22. The first-order chi connectivity index (χ1) is 8.93. The number of carbonyl (C=O) groups is 1. The second-order valence-electron chi connectivity index (χ2n) is 3.88. The molecule has 0 saturated heterocycles. The minimum absolute atomic E-state index is 0.159. The summed E-state index contributed by atoms with van der Waals surface area (Å²) >= 11 is 5.55. The van der Waals surface area contributed by atoms with Gasteiger partial charge in [-0.2, -0.15) is 15.0 Å².